The molecule has 2 rings (SSSR count). The molecule has 1 aromatic carbocycles. The van der Waals surface area contributed by atoms with E-state index in [1.54, 1.807) is 0 Å². The quantitative estimate of drug-likeness (QED) is 0.457. The molecule has 0 aliphatic heterocycles. The Morgan fingerprint density at radius 3 is 2.60 bits per heavy atom. The highest BCUT2D eigenvalue weighted by Gasteiger charge is 2.25. The van der Waals surface area contributed by atoms with Crippen molar-refractivity contribution in [3.63, 3.8) is 0 Å². The first kappa shape index (κ1) is 15.1. The summed E-state index contributed by atoms with van der Waals surface area (Å²) < 4.78 is 28.1. The minimum Gasteiger partial charge on any atom is -0.487 e. The summed E-state index contributed by atoms with van der Waals surface area (Å²) in [6, 6.07) is 2.30. The molecule has 20 heavy (non-hydrogen) atoms. The van der Waals surface area contributed by atoms with E-state index in [1.807, 2.05) is 0 Å². The molecular formula is C12H14ClNO5S. The number of rotatable bonds is 6. The topological polar surface area (TPSA) is 86.5 Å². The van der Waals surface area contributed by atoms with Gasteiger partial charge in [-0.2, -0.15) is 0 Å². The van der Waals surface area contributed by atoms with Crippen molar-refractivity contribution in [1.29, 1.82) is 0 Å². The van der Waals surface area contributed by atoms with E-state index in [-0.39, 0.29) is 16.3 Å². The summed E-state index contributed by atoms with van der Waals surface area (Å²) in [6.07, 6.45) is 3.20. The molecule has 1 aliphatic carbocycles. The van der Waals surface area contributed by atoms with E-state index in [1.165, 1.54) is 25.8 Å². The van der Waals surface area contributed by atoms with Crippen LogP contribution in [-0.2, 0) is 9.05 Å². The number of nitro groups is 1. The number of nitrogens with zero attached hydrogens (tertiary/aromatic N) is 1. The summed E-state index contributed by atoms with van der Waals surface area (Å²) >= 11 is 0. The van der Waals surface area contributed by atoms with Crippen LogP contribution in [0.4, 0.5) is 5.69 Å². The first-order valence-corrected chi connectivity index (χ1v) is 8.46. The summed E-state index contributed by atoms with van der Waals surface area (Å²) in [5.41, 5.74) is -0.0577. The predicted molar refractivity (Wildman–Crippen MR) is 73.7 cm³/mol. The summed E-state index contributed by atoms with van der Waals surface area (Å²) in [4.78, 5) is 10.1. The van der Waals surface area contributed by atoms with Gasteiger partial charge in [0.25, 0.3) is 9.05 Å². The molecule has 0 N–H and O–H groups in total. The average molecular weight is 320 g/mol. The Morgan fingerprint density at radius 1 is 1.45 bits per heavy atom. The molecule has 1 fully saturated rings. The van der Waals surface area contributed by atoms with E-state index < -0.39 is 14.0 Å². The molecule has 1 aromatic rings. The second-order valence-corrected chi connectivity index (χ2v) is 7.40. The zero-order valence-corrected chi connectivity index (χ0v) is 12.4. The Morgan fingerprint density at radius 2 is 2.10 bits per heavy atom. The van der Waals surface area contributed by atoms with Gasteiger partial charge < -0.3 is 4.74 Å². The monoisotopic (exact) mass is 319 g/mol. The van der Waals surface area contributed by atoms with E-state index in [4.69, 9.17) is 15.4 Å². The van der Waals surface area contributed by atoms with Gasteiger partial charge in [-0.3, -0.25) is 10.1 Å². The molecule has 0 saturated heterocycles. The number of halogens is 1. The van der Waals surface area contributed by atoms with Crippen LogP contribution in [0.1, 0.15) is 24.8 Å². The van der Waals surface area contributed by atoms with Crippen LogP contribution in [0.15, 0.2) is 17.0 Å². The third-order valence-electron chi connectivity index (χ3n) is 3.20. The normalized spacial score (nSPS) is 15.1. The van der Waals surface area contributed by atoms with Crippen LogP contribution in [0.25, 0.3) is 0 Å². The van der Waals surface area contributed by atoms with E-state index in [0.29, 0.717) is 18.1 Å². The van der Waals surface area contributed by atoms with Gasteiger partial charge in [-0.15, -0.1) is 0 Å². The summed E-state index contributed by atoms with van der Waals surface area (Å²) in [5.74, 6) is 0.731. The molecule has 1 saturated carbocycles. The Labute approximate surface area is 121 Å². The van der Waals surface area contributed by atoms with Crippen molar-refractivity contribution < 1.29 is 18.1 Å². The third-order valence-corrected chi connectivity index (χ3v) is 4.66. The summed E-state index contributed by atoms with van der Waals surface area (Å²) in [6.45, 7) is 1.91. The van der Waals surface area contributed by atoms with E-state index in [0.717, 1.165) is 12.5 Å². The van der Waals surface area contributed by atoms with Crippen molar-refractivity contribution in [3.8, 4) is 5.75 Å². The number of ether oxygens (including phenoxy) is 1. The minimum absolute atomic E-state index is 0.0808. The number of nitro benzene ring substituents is 1. The van der Waals surface area contributed by atoms with Gasteiger partial charge in [-0.05, 0) is 30.9 Å². The van der Waals surface area contributed by atoms with E-state index in [2.05, 4.69) is 0 Å². The van der Waals surface area contributed by atoms with Crippen LogP contribution in [-0.4, -0.2) is 19.9 Å². The van der Waals surface area contributed by atoms with Gasteiger partial charge in [-0.1, -0.05) is 12.8 Å². The fourth-order valence-electron chi connectivity index (χ4n) is 1.91. The van der Waals surface area contributed by atoms with Gasteiger partial charge in [0.15, 0.2) is 5.75 Å². The zero-order valence-electron chi connectivity index (χ0n) is 10.8. The third kappa shape index (κ3) is 3.61. The smallest absolute Gasteiger partial charge is 0.312 e. The molecule has 0 spiro atoms. The number of aryl methyl sites for hydroxylation is 1. The fourth-order valence-corrected chi connectivity index (χ4v) is 3.11. The number of hydrogen-bond acceptors (Lipinski definition) is 5. The van der Waals surface area contributed by atoms with Crippen LogP contribution < -0.4 is 4.74 Å². The summed E-state index contributed by atoms with van der Waals surface area (Å²) in [7, 11) is 1.24. The van der Waals surface area contributed by atoms with Crippen molar-refractivity contribution in [2.75, 3.05) is 6.61 Å². The summed E-state index contributed by atoms with van der Waals surface area (Å²) in [5, 5.41) is 11.0. The highest BCUT2D eigenvalue weighted by Crippen LogP contribution is 2.35. The largest absolute Gasteiger partial charge is 0.487 e. The Kier molecular flexibility index (Phi) is 4.19. The first-order valence-electron chi connectivity index (χ1n) is 6.15. The van der Waals surface area contributed by atoms with Crippen LogP contribution in [0.3, 0.4) is 0 Å². The van der Waals surface area contributed by atoms with Gasteiger partial charge in [0.1, 0.15) is 0 Å². The molecule has 6 nitrogen and oxygen atoms in total. The Hall–Kier alpha value is -1.34. The van der Waals surface area contributed by atoms with Crippen LogP contribution >= 0.6 is 10.7 Å². The second kappa shape index (κ2) is 5.57. The molecule has 0 amide bonds. The fraction of sp³-hybridized carbons (Fsp3) is 0.500. The van der Waals surface area contributed by atoms with Crippen LogP contribution in [0.2, 0.25) is 0 Å². The van der Waals surface area contributed by atoms with E-state index in [9.17, 15) is 18.5 Å². The maximum absolute atomic E-state index is 11.4. The molecule has 0 unspecified atom stereocenters. The molecular weight excluding hydrogens is 306 g/mol. The highest BCUT2D eigenvalue weighted by molar-refractivity contribution is 8.13. The van der Waals surface area contributed by atoms with Crippen LogP contribution in [0, 0.1) is 23.0 Å². The lowest BCUT2D eigenvalue weighted by atomic mass is 10.2. The molecule has 8 heteroatoms. The highest BCUT2D eigenvalue weighted by atomic mass is 35.7. The Balaban J connectivity index is 2.29. The predicted octanol–water partition coefficient (Wildman–Crippen LogP) is 3.01. The van der Waals surface area contributed by atoms with Crippen molar-refractivity contribution in [2.24, 2.45) is 5.92 Å². The lowest BCUT2D eigenvalue weighted by Gasteiger charge is -2.09. The lowest BCUT2D eigenvalue weighted by molar-refractivity contribution is -0.386. The molecule has 0 bridgehead atoms. The van der Waals surface area contributed by atoms with Crippen molar-refractivity contribution in [2.45, 2.75) is 31.1 Å². The van der Waals surface area contributed by atoms with Crippen molar-refractivity contribution in [1.82, 2.24) is 0 Å². The zero-order chi connectivity index (χ0) is 14.9. The van der Waals surface area contributed by atoms with E-state index >= 15 is 0 Å². The van der Waals surface area contributed by atoms with Gasteiger partial charge in [0, 0.05) is 16.7 Å². The van der Waals surface area contributed by atoms with Gasteiger partial charge in [0.05, 0.1) is 16.4 Å². The van der Waals surface area contributed by atoms with Crippen molar-refractivity contribution in [3.05, 3.63) is 27.8 Å². The second-order valence-electron chi connectivity index (χ2n) is 4.86. The number of benzene rings is 1. The maximum Gasteiger partial charge on any atom is 0.312 e. The first-order chi connectivity index (χ1) is 9.29. The molecule has 0 radical (unpaired) electrons. The van der Waals surface area contributed by atoms with Gasteiger partial charge >= 0.3 is 5.69 Å². The molecule has 0 atom stereocenters. The lowest BCUT2D eigenvalue weighted by Crippen LogP contribution is -2.04. The van der Waals surface area contributed by atoms with Gasteiger partial charge in [0.2, 0.25) is 0 Å². The molecule has 0 aromatic heterocycles. The van der Waals surface area contributed by atoms with Gasteiger partial charge in [-0.25, -0.2) is 8.42 Å². The molecule has 1 aliphatic rings. The van der Waals surface area contributed by atoms with Crippen molar-refractivity contribution >= 4 is 25.4 Å². The molecule has 0 heterocycles. The minimum atomic E-state index is -4.02. The molecule has 110 valence electrons. The number of hydrogen-bond donors (Lipinski definition) is 0. The standard InChI is InChI=1S/C12H14ClNO5S/c1-8-6-11(19-5-4-9-2-3-9)10(14(15)16)7-12(8)20(13,17)18/h6-7,9H,2-5H2,1H3. The SMILES string of the molecule is Cc1cc(OCCC2CC2)c([N+](=O)[O-])cc1S(=O)(=O)Cl. The Bertz CT molecular complexity index is 639. The average Bonchev–Trinajstić information content (AvgIpc) is 3.11. The van der Waals surface area contributed by atoms with Crippen LogP contribution in [0.5, 0.6) is 5.75 Å². The maximum atomic E-state index is 11.4.